The van der Waals surface area contributed by atoms with Gasteiger partial charge in [-0.05, 0) is 190 Å². The van der Waals surface area contributed by atoms with Gasteiger partial charge in [-0.25, -0.2) is 8.78 Å². The van der Waals surface area contributed by atoms with Crippen molar-refractivity contribution in [1.29, 1.82) is 21.0 Å². The van der Waals surface area contributed by atoms with Crippen LogP contribution in [0.4, 0.5) is 8.78 Å². The van der Waals surface area contributed by atoms with E-state index in [1.54, 1.807) is 57.5 Å². The van der Waals surface area contributed by atoms with Crippen molar-refractivity contribution >= 4 is 140 Å². The molecule has 554 valence electrons. The lowest BCUT2D eigenvalue weighted by molar-refractivity contribution is 0.103. The normalized spacial score (nSPS) is 14.8. The highest BCUT2D eigenvalue weighted by atomic mass is 32.1. The Kier molecular flexibility index (Phi) is 20.7. The number of benzene rings is 7. The molecule has 6 aromatic heterocycles. The van der Waals surface area contributed by atoms with Gasteiger partial charge in [0.05, 0.1) is 39.0 Å². The van der Waals surface area contributed by atoms with E-state index in [-0.39, 0.29) is 44.6 Å². The number of ketones is 2. The van der Waals surface area contributed by atoms with Crippen molar-refractivity contribution in [2.45, 2.75) is 167 Å². The molecule has 13 aromatic rings. The highest BCUT2D eigenvalue weighted by molar-refractivity contribution is 7.40. The van der Waals surface area contributed by atoms with Crippen LogP contribution in [0, 0.1) is 57.0 Å². The summed E-state index contributed by atoms with van der Waals surface area (Å²) in [7, 11) is 0. The molecule has 0 aliphatic heterocycles. The summed E-state index contributed by atoms with van der Waals surface area (Å²) in [6.45, 7) is 9.05. The molecular formula is C98H80F2N4O2S6. The van der Waals surface area contributed by atoms with Crippen molar-refractivity contribution in [2.24, 2.45) is 0 Å². The zero-order valence-corrected chi connectivity index (χ0v) is 68.0. The number of nitrogens with zero attached hydrogens (tertiary/aromatic N) is 4. The zero-order chi connectivity index (χ0) is 77.1. The van der Waals surface area contributed by atoms with E-state index in [9.17, 15) is 39.4 Å². The molecule has 112 heavy (non-hydrogen) atoms. The molecule has 0 saturated carbocycles. The third kappa shape index (κ3) is 12.5. The van der Waals surface area contributed by atoms with Crippen molar-refractivity contribution in [2.75, 3.05) is 0 Å². The lowest BCUT2D eigenvalue weighted by Crippen LogP contribution is -2.30. The molecule has 6 nitrogen and oxygen atoms in total. The quantitative estimate of drug-likeness (QED) is 0.0302. The minimum absolute atomic E-state index is 0.135. The molecule has 4 aliphatic carbocycles. The molecule has 0 amide bonds. The van der Waals surface area contributed by atoms with Gasteiger partial charge in [0.2, 0.25) is 0 Å². The fraction of sp³-hybridized carbons (Fsp3) is 0.265. The van der Waals surface area contributed by atoms with Crippen LogP contribution in [0.2, 0.25) is 0 Å². The molecular weight excluding hydrogens is 1500 g/mol. The number of nitriles is 4. The lowest BCUT2D eigenvalue weighted by Gasteiger charge is -2.36. The summed E-state index contributed by atoms with van der Waals surface area (Å²) in [5, 5.41) is 41.3. The molecule has 0 radical (unpaired) electrons. The van der Waals surface area contributed by atoms with Crippen LogP contribution in [0.15, 0.2) is 180 Å². The maximum atomic E-state index is 15.0. The first-order chi connectivity index (χ1) is 54.8. The first-order valence-corrected chi connectivity index (χ1v) is 44.5. The van der Waals surface area contributed by atoms with E-state index < -0.39 is 34.0 Å². The Labute approximate surface area is 676 Å². The van der Waals surface area contributed by atoms with E-state index in [1.165, 1.54) is 210 Å². The molecule has 0 unspecified atom stereocenters. The van der Waals surface area contributed by atoms with Crippen LogP contribution in [-0.4, -0.2) is 11.6 Å². The predicted molar refractivity (Wildman–Crippen MR) is 463 cm³/mol. The van der Waals surface area contributed by atoms with Gasteiger partial charge >= 0.3 is 0 Å². The van der Waals surface area contributed by atoms with Crippen LogP contribution in [0.25, 0.3) is 81.8 Å². The average molecular weight is 1580 g/mol. The van der Waals surface area contributed by atoms with Gasteiger partial charge in [-0.3, -0.25) is 9.59 Å². The topological polar surface area (TPSA) is 129 Å². The summed E-state index contributed by atoms with van der Waals surface area (Å²) < 4.78 is 38.9. The molecule has 17 rings (SSSR count). The van der Waals surface area contributed by atoms with E-state index in [4.69, 9.17) is 0 Å². The van der Waals surface area contributed by atoms with Crippen molar-refractivity contribution in [3.63, 3.8) is 0 Å². The highest BCUT2D eigenvalue weighted by Gasteiger charge is 2.55. The van der Waals surface area contributed by atoms with Crippen LogP contribution in [-0.2, 0) is 36.5 Å². The second-order valence-electron chi connectivity index (χ2n) is 30.4. The smallest absolute Gasteiger partial charge is 0.194 e. The van der Waals surface area contributed by atoms with Crippen LogP contribution < -0.4 is 0 Å². The van der Waals surface area contributed by atoms with Crippen molar-refractivity contribution in [3.8, 4) is 45.2 Å². The number of thiophene rings is 6. The van der Waals surface area contributed by atoms with Crippen molar-refractivity contribution in [3.05, 3.63) is 290 Å². The Balaban J connectivity index is 0.933. The largest absolute Gasteiger partial charge is 0.289 e. The number of hydrogen-bond donors (Lipinski definition) is 0. The Bertz CT molecular complexity index is 5780. The van der Waals surface area contributed by atoms with E-state index in [2.05, 4.69) is 149 Å². The molecule has 0 bridgehead atoms. The van der Waals surface area contributed by atoms with Gasteiger partial charge in [0, 0.05) is 73.5 Å². The fourth-order valence-corrected chi connectivity index (χ4v) is 26.8. The number of hydrogen-bond acceptors (Lipinski definition) is 12. The summed E-state index contributed by atoms with van der Waals surface area (Å²) in [5.74, 6) is -1.98. The number of rotatable bonds is 26. The standard InChI is InChI=1S/C98H80F2N4O2S6/c1-5-9-13-17-21-57-25-33-63(34-26-57)97(64-35-27-58(28-36-64)22-18-14-10-6-2)79-51-76-80(52-75(79)89-85(97)93-95(111-89)91-81(109-93)49-69(107-91)47-77-83(61(53-101)54-102)71-43-41-67(99)45-73(71)87(77)105)98(65-37-29-59(30-38-65)23-19-15-11-7-3,66-39-31-60(32-40-66)24-20-16-12-8-4)86-90(76)112-96-92-82(110-94(86)96)50-70(108-92)48-78-84(62(55-103)56-104)72-44-42-68(100)46-74(72)88(78)106/h25-52H,5-24H2,1-4H3/b77-47-,78-48-. The highest BCUT2D eigenvalue weighted by Crippen LogP contribution is 2.69. The third-order valence-corrected chi connectivity index (χ3v) is 31.3. The maximum absolute atomic E-state index is 15.0. The summed E-state index contributed by atoms with van der Waals surface area (Å²) in [6.07, 6.45) is 26.2. The van der Waals surface area contributed by atoms with Crippen LogP contribution in [0.5, 0.6) is 0 Å². The minimum atomic E-state index is -0.838. The summed E-state index contributed by atoms with van der Waals surface area (Å²) >= 11 is 10.5. The van der Waals surface area contributed by atoms with Crippen LogP contribution >= 0.6 is 68.0 Å². The molecule has 4 aliphatic rings. The first kappa shape index (κ1) is 74.6. The second-order valence-corrected chi connectivity index (χ2v) is 36.7. The number of Topliss-reactive ketones (excluding diaryl/α,β-unsaturated/α-hetero) is 2. The van der Waals surface area contributed by atoms with Gasteiger partial charge in [0.15, 0.2) is 11.6 Å². The Morgan fingerprint density at radius 1 is 0.348 bits per heavy atom. The molecule has 6 heterocycles. The van der Waals surface area contributed by atoms with Gasteiger partial charge in [-0.1, -0.05) is 214 Å². The lowest BCUT2D eigenvalue weighted by atomic mass is 9.65. The van der Waals surface area contributed by atoms with E-state index in [0.29, 0.717) is 11.1 Å². The fourth-order valence-electron chi connectivity index (χ4n) is 18.1. The number of fused-ring (bicyclic) bond motifs is 16. The maximum Gasteiger partial charge on any atom is 0.194 e. The number of halogens is 2. The number of carbonyl (C=O) groups excluding carboxylic acids is 2. The van der Waals surface area contributed by atoms with Crippen molar-refractivity contribution in [1.82, 2.24) is 0 Å². The number of carbonyl (C=O) groups is 2. The Morgan fingerprint density at radius 2 is 0.670 bits per heavy atom. The molecule has 0 atom stereocenters. The zero-order valence-electron chi connectivity index (χ0n) is 63.1. The summed E-state index contributed by atoms with van der Waals surface area (Å²) in [6, 6.07) is 64.1. The number of allylic oxidation sites excluding steroid dienone is 6. The second kappa shape index (κ2) is 31.1. The predicted octanol–water partition coefficient (Wildman–Crippen LogP) is 28.3. The van der Waals surface area contributed by atoms with Gasteiger partial charge in [0.1, 0.15) is 47.1 Å². The monoisotopic (exact) mass is 1570 g/mol. The summed E-state index contributed by atoms with van der Waals surface area (Å²) in [5.41, 5.74) is 17.2. The van der Waals surface area contributed by atoms with Crippen LogP contribution in [0.3, 0.4) is 0 Å². The Hall–Kier alpha value is -10.1. The molecule has 0 N–H and O–H groups in total. The number of aryl methyl sites for hydroxylation is 4. The van der Waals surface area contributed by atoms with Gasteiger partial charge in [-0.2, -0.15) is 21.0 Å². The summed E-state index contributed by atoms with van der Waals surface area (Å²) in [4.78, 5) is 32.9. The van der Waals surface area contributed by atoms with Gasteiger partial charge in [0.25, 0.3) is 0 Å². The first-order valence-electron chi connectivity index (χ1n) is 39.6. The molecule has 0 saturated heterocycles. The van der Waals surface area contributed by atoms with Gasteiger partial charge in [-0.15, -0.1) is 68.0 Å². The van der Waals surface area contributed by atoms with E-state index >= 15 is 0 Å². The van der Waals surface area contributed by atoms with E-state index in [1.807, 2.05) is 47.0 Å². The molecule has 0 fully saturated rings. The molecule has 0 spiro atoms. The number of unbranched alkanes of at least 4 members (excludes halogenated alkanes) is 12. The van der Waals surface area contributed by atoms with Crippen LogP contribution in [0.1, 0.15) is 239 Å². The average Bonchev–Trinajstić information content (AvgIpc) is 1.49. The minimum Gasteiger partial charge on any atom is -0.289 e. The van der Waals surface area contributed by atoms with E-state index in [0.717, 1.165) is 89.3 Å². The molecule has 14 heteroatoms. The van der Waals surface area contributed by atoms with Crippen molar-refractivity contribution < 1.29 is 18.4 Å². The Morgan fingerprint density at radius 3 is 0.973 bits per heavy atom. The third-order valence-electron chi connectivity index (χ3n) is 23.6. The molecule has 7 aromatic carbocycles. The SMILES string of the molecule is CCCCCCc1ccc(C2(c3ccc(CCCCCC)cc3)c3cc4c(cc3-c3sc5c(sc6cc(/C=C7\C(=O)c8cc(F)ccc8C7=C(C#N)C#N)sc65)c32)C(c2ccc(CCCCCC)cc2)(c2ccc(CCCCCC)cc2)c2c-4sc3c2sc2cc(/C=C4\C(=O)c5cc(F)ccc5C4=C(C#N)C#N)sc23)cc1. The van der Waals surface area contributed by atoms with Gasteiger partial charge < -0.3 is 0 Å².